The van der Waals surface area contributed by atoms with Gasteiger partial charge in [-0.2, -0.15) is 0 Å². The van der Waals surface area contributed by atoms with E-state index in [1.54, 1.807) is 7.11 Å². The second-order valence-corrected chi connectivity index (χ2v) is 7.65. The summed E-state index contributed by atoms with van der Waals surface area (Å²) >= 11 is 0. The summed E-state index contributed by atoms with van der Waals surface area (Å²) in [6.07, 6.45) is 10.5. The van der Waals surface area contributed by atoms with Crippen LogP contribution in [0.25, 0.3) is 0 Å². The van der Waals surface area contributed by atoms with E-state index in [-0.39, 0.29) is 17.8 Å². The Balaban J connectivity index is 0.00000192. The number of carbonyl (C=O) groups excluding carboxylic acids is 1. The molecule has 1 heterocycles. The topological polar surface area (TPSA) is 41.6 Å². The number of methoxy groups -OCH3 is 1. The summed E-state index contributed by atoms with van der Waals surface area (Å²) in [5, 5.41) is 3.70. The van der Waals surface area contributed by atoms with Gasteiger partial charge in [0, 0.05) is 32.8 Å². The molecule has 3 aliphatic rings. The van der Waals surface area contributed by atoms with Crippen LogP contribution in [-0.4, -0.2) is 50.2 Å². The number of nitrogens with zero attached hydrogens (tertiary/aromatic N) is 1. The molecule has 1 aliphatic heterocycles. The van der Waals surface area contributed by atoms with Gasteiger partial charge in [-0.25, -0.2) is 0 Å². The van der Waals surface area contributed by atoms with Gasteiger partial charge in [0.1, 0.15) is 0 Å². The lowest BCUT2D eigenvalue weighted by Crippen LogP contribution is -2.50. The van der Waals surface area contributed by atoms with E-state index in [0.29, 0.717) is 18.6 Å². The summed E-state index contributed by atoms with van der Waals surface area (Å²) < 4.78 is 5.26. The van der Waals surface area contributed by atoms with Gasteiger partial charge in [-0.3, -0.25) is 4.79 Å². The van der Waals surface area contributed by atoms with Crippen molar-refractivity contribution in [1.29, 1.82) is 0 Å². The lowest BCUT2D eigenvalue weighted by Gasteiger charge is -2.38. The van der Waals surface area contributed by atoms with Gasteiger partial charge < -0.3 is 15.0 Å². The number of piperidine rings is 1. The van der Waals surface area contributed by atoms with Crippen molar-refractivity contribution in [3.8, 4) is 0 Å². The van der Waals surface area contributed by atoms with E-state index in [9.17, 15) is 4.79 Å². The van der Waals surface area contributed by atoms with Crippen LogP contribution in [0.1, 0.15) is 57.8 Å². The highest BCUT2D eigenvalue weighted by atomic mass is 35.5. The Morgan fingerprint density at radius 2 is 1.83 bits per heavy atom. The van der Waals surface area contributed by atoms with Crippen LogP contribution in [-0.2, 0) is 9.53 Å². The van der Waals surface area contributed by atoms with Crippen molar-refractivity contribution in [3.05, 3.63) is 0 Å². The molecule has 23 heavy (non-hydrogen) atoms. The number of hydrogen-bond acceptors (Lipinski definition) is 3. The van der Waals surface area contributed by atoms with E-state index in [1.165, 1.54) is 32.2 Å². The summed E-state index contributed by atoms with van der Waals surface area (Å²) in [5.41, 5.74) is -0.107. The molecule has 134 valence electrons. The smallest absolute Gasteiger partial charge is 0.228 e. The Kier molecular flexibility index (Phi) is 7.18. The Hall–Kier alpha value is -0.320. The second kappa shape index (κ2) is 8.68. The second-order valence-electron chi connectivity index (χ2n) is 7.65. The number of hydrogen-bond donors (Lipinski definition) is 1. The minimum absolute atomic E-state index is 0. The lowest BCUT2D eigenvalue weighted by molar-refractivity contribution is -0.144. The number of carbonyl (C=O) groups is 1. The molecule has 4 nitrogen and oxygen atoms in total. The van der Waals surface area contributed by atoms with Crippen molar-refractivity contribution in [2.24, 2.45) is 11.3 Å². The van der Waals surface area contributed by atoms with E-state index in [2.05, 4.69) is 10.2 Å². The zero-order chi connectivity index (χ0) is 15.4. The van der Waals surface area contributed by atoms with E-state index >= 15 is 0 Å². The third kappa shape index (κ3) is 4.83. The Labute approximate surface area is 147 Å². The van der Waals surface area contributed by atoms with E-state index in [4.69, 9.17) is 4.74 Å². The molecule has 2 saturated carbocycles. The van der Waals surface area contributed by atoms with Crippen LogP contribution in [0.4, 0.5) is 0 Å². The Morgan fingerprint density at radius 1 is 1.17 bits per heavy atom. The SMILES string of the molecule is COCCC1(C(=O)N2CCC(NCC3CC3)CC2)CCCC1.Cl. The summed E-state index contributed by atoms with van der Waals surface area (Å²) in [5.74, 6) is 1.36. The standard InChI is InChI=1S/C18H32N2O2.ClH/c1-22-13-10-18(8-2-3-9-18)17(21)20-11-6-16(7-12-20)19-14-15-4-5-15;/h15-16,19H,2-14H2,1H3;1H. The van der Waals surface area contributed by atoms with Gasteiger partial charge in [-0.15, -0.1) is 12.4 Å². The molecule has 0 aromatic heterocycles. The Bertz CT molecular complexity index is 373. The van der Waals surface area contributed by atoms with E-state index < -0.39 is 0 Å². The molecular weight excluding hydrogens is 312 g/mol. The van der Waals surface area contributed by atoms with Gasteiger partial charge in [-0.05, 0) is 57.4 Å². The van der Waals surface area contributed by atoms with Crippen molar-refractivity contribution >= 4 is 18.3 Å². The number of nitrogens with one attached hydrogen (secondary N) is 1. The average Bonchev–Trinajstić information content (AvgIpc) is 3.27. The van der Waals surface area contributed by atoms with Crippen molar-refractivity contribution in [1.82, 2.24) is 10.2 Å². The first-order chi connectivity index (χ1) is 10.7. The molecule has 0 unspecified atom stereocenters. The maximum absolute atomic E-state index is 13.1. The van der Waals surface area contributed by atoms with Crippen LogP contribution in [0.5, 0.6) is 0 Å². The third-order valence-electron chi connectivity index (χ3n) is 5.97. The predicted octanol–water partition coefficient (Wildman–Crippen LogP) is 3.00. The highest BCUT2D eigenvalue weighted by molar-refractivity contribution is 5.85. The molecule has 0 spiro atoms. The molecule has 3 fully saturated rings. The van der Waals surface area contributed by atoms with Crippen molar-refractivity contribution in [2.75, 3.05) is 33.4 Å². The minimum Gasteiger partial charge on any atom is -0.385 e. The highest BCUT2D eigenvalue weighted by Crippen LogP contribution is 2.43. The van der Waals surface area contributed by atoms with E-state index in [0.717, 1.165) is 51.1 Å². The summed E-state index contributed by atoms with van der Waals surface area (Å²) in [6.45, 7) is 3.79. The fourth-order valence-electron chi connectivity index (χ4n) is 4.20. The van der Waals surface area contributed by atoms with Crippen molar-refractivity contribution < 1.29 is 9.53 Å². The zero-order valence-corrected chi connectivity index (χ0v) is 15.3. The fourth-order valence-corrected chi connectivity index (χ4v) is 4.20. The number of amides is 1. The molecule has 0 aromatic carbocycles. The molecule has 1 N–H and O–H groups in total. The van der Waals surface area contributed by atoms with Gasteiger partial charge in [0.2, 0.25) is 5.91 Å². The summed E-state index contributed by atoms with van der Waals surface area (Å²) in [7, 11) is 1.74. The van der Waals surface area contributed by atoms with Crippen LogP contribution < -0.4 is 5.32 Å². The molecule has 0 bridgehead atoms. The van der Waals surface area contributed by atoms with Gasteiger partial charge in [-0.1, -0.05) is 12.8 Å². The first-order valence-electron chi connectivity index (χ1n) is 9.25. The van der Waals surface area contributed by atoms with E-state index in [1.807, 2.05) is 0 Å². The average molecular weight is 345 g/mol. The quantitative estimate of drug-likeness (QED) is 0.772. The molecule has 2 aliphatic carbocycles. The number of halogens is 1. The maximum atomic E-state index is 13.1. The van der Waals surface area contributed by atoms with Crippen molar-refractivity contribution in [3.63, 3.8) is 0 Å². The van der Waals surface area contributed by atoms with Crippen LogP contribution in [0.2, 0.25) is 0 Å². The first-order valence-corrected chi connectivity index (χ1v) is 9.25. The molecule has 3 rings (SSSR count). The van der Waals surface area contributed by atoms with Crippen molar-refractivity contribution in [2.45, 2.75) is 63.8 Å². The molecule has 1 saturated heterocycles. The van der Waals surface area contributed by atoms with Gasteiger partial charge in [0.25, 0.3) is 0 Å². The lowest BCUT2D eigenvalue weighted by atomic mass is 9.81. The van der Waals surface area contributed by atoms with Crippen LogP contribution >= 0.6 is 12.4 Å². The van der Waals surface area contributed by atoms with Gasteiger partial charge in [0.15, 0.2) is 0 Å². The van der Waals surface area contributed by atoms with Crippen LogP contribution in [0.3, 0.4) is 0 Å². The largest absolute Gasteiger partial charge is 0.385 e. The molecule has 1 amide bonds. The molecular formula is C18H33ClN2O2. The maximum Gasteiger partial charge on any atom is 0.228 e. The minimum atomic E-state index is -0.107. The normalized spacial score (nSPS) is 24.5. The summed E-state index contributed by atoms with van der Waals surface area (Å²) in [6, 6.07) is 0.628. The van der Waals surface area contributed by atoms with Crippen LogP contribution in [0, 0.1) is 11.3 Å². The van der Waals surface area contributed by atoms with Gasteiger partial charge in [0.05, 0.1) is 5.41 Å². The fraction of sp³-hybridized carbons (Fsp3) is 0.944. The van der Waals surface area contributed by atoms with Crippen LogP contribution in [0.15, 0.2) is 0 Å². The zero-order valence-electron chi connectivity index (χ0n) is 14.5. The number of rotatable bonds is 7. The van der Waals surface area contributed by atoms with Gasteiger partial charge >= 0.3 is 0 Å². The third-order valence-corrected chi connectivity index (χ3v) is 5.97. The molecule has 0 atom stereocenters. The molecule has 0 aromatic rings. The highest BCUT2D eigenvalue weighted by Gasteiger charge is 2.43. The monoisotopic (exact) mass is 344 g/mol. The predicted molar refractivity (Wildman–Crippen MR) is 95.0 cm³/mol. The molecule has 5 heteroatoms. The number of ether oxygens (including phenoxy) is 1. The summed E-state index contributed by atoms with van der Waals surface area (Å²) in [4.78, 5) is 15.2. The Morgan fingerprint density at radius 3 is 2.39 bits per heavy atom. The number of likely N-dealkylation sites (tertiary alicyclic amines) is 1. The molecule has 0 radical (unpaired) electrons. The first kappa shape index (κ1) is 19.0.